The molecule has 0 fully saturated rings. The lowest BCUT2D eigenvalue weighted by Gasteiger charge is -2.16. The summed E-state index contributed by atoms with van der Waals surface area (Å²) in [5.74, 6) is -0.776. The molecule has 5 N–H and O–H groups in total. The Balaban J connectivity index is 1.64. The van der Waals surface area contributed by atoms with Crippen LogP contribution in [-0.4, -0.2) is 40.2 Å². The largest absolute Gasteiger partial charge is 0.465 e. The van der Waals surface area contributed by atoms with Crippen molar-refractivity contribution in [3.8, 4) is 0 Å². The van der Waals surface area contributed by atoms with E-state index < -0.39 is 16.0 Å². The monoisotopic (exact) mass is 520 g/mol. The van der Waals surface area contributed by atoms with E-state index in [1.54, 1.807) is 18.2 Å². The summed E-state index contributed by atoms with van der Waals surface area (Å²) in [6.45, 7) is 0.246. The van der Waals surface area contributed by atoms with Crippen LogP contribution < -0.4 is 21.1 Å². The molecule has 1 atom stereocenters. The van der Waals surface area contributed by atoms with Gasteiger partial charge < -0.3 is 21.1 Å². The zero-order valence-corrected chi connectivity index (χ0v) is 21.3. The Morgan fingerprint density at radius 2 is 1.73 bits per heavy atom. The van der Waals surface area contributed by atoms with E-state index in [0.29, 0.717) is 34.5 Å². The van der Waals surface area contributed by atoms with E-state index in [1.165, 1.54) is 7.11 Å². The number of carbonyl (C=O) groups excluding carboxylic acids is 2. The van der Waals surface area contributed by atoms with E-state index in [4.69, 9.17) is 10.5 Å². The fraction of sp³-hybridized carbons (Fsp3) is 0.185. The van der Waals surface area contributed by atoms with Gasteiger partial charge in [0.2, 0.25) is 10.0 Å². The maximum atomic E-state index is 13.1. The van der Waals surface area contributed by atoms with Gasteiger partial charge in [0.1, 0.15) is 0 Å². The highest BCUT2D eigenvalue weighted by atomic mass is 32.2. The van der Waals surface area contributed by atoms with Crippen molar-refractivity contribution >= 4 is 44.5 Å². The van der Waals surface area contributed by atoms with Crippen LogP contribution in [0.5, 0.6) is 0 Å². The Kier molecular flexibility index (Phi) is 7.72. The first-order valence-electron chi connectivity index (χ1n) is 11.6. The minimum absolute atomic E-state index is 0.246. The van der Waals surface area contributed by atoms with Crippen LogP contribution in [0.3, 0.4) is 0 Å². The number of nitrogens with one attached hydrogen (secondary N) is 3. The molecule has 3 aromatic carbocycles. The molecule has 0 saturated carbocycles. The average Bonchev–Trinajstić information content (AvgIpc) is 3.21. The fourth-order valence-corrected chi connectivity index (χ4v) is 4.56. The lowest BCUT2D eigenvalue weighted by Crippen LogP contribution is -2.26. The molecule has 1 aliphatic heterocycles. The van der Waals surface area contributed by atoms with Gasteiger partial charge >= 0.3 is 5.97 Å². The van der Waals surface area contributed by atoms with Gasteiger partial charge in [0.15, 0.2) is 0 Å². The molecule has 0 bridgehead atoms. The predicted molar refractivity (Wildman–Crippen MR) is 144 cm³/mol. The van der Waals surface area contributed by atoms with Crippen LogP contribution in [0.15, 0.2) is 72.8 Å². The van der Waals surface area contributed by atoms with Gasteiger partial charge in [-0.2, -0.15) is 0 Å². The molecule has 1 heterocycles. The summed E-state index contributed by atoms with van der Waals surface area (Å²) in [6.07, 6.45) is 1.56. The molecule has 1 amide bonds. The lowest BCUT2D eigenvalue weighted by molar-refractivity contribution is -0.110. The first-order chi connectivity index (χ1) is 17.7. The number of esters is 1. The molecular formula is C27H28N4O5S. The Morgan fingerprint density at radius 3 is 2.38 bits per heavy atom. The second-order valence-electron chi connectivity index (χ2n) is 8.63. The van der Waals surface area contributed by atoms with Gasteiger partial charge in [-0.25, -0.2) is 17.9 Å². The lowest BCUT2D eigenvalue weighted by atomic mass is 9.98. The summed E-state index contributed by atoms with van der Waals surface area (Å²) in [7, 11) is -1.96. The molecule has 0 radical (unpaired) electrons. The number of ether oxygens (including phenoxy) is 1. The Bertz CT molecular complexity index is 1450. The molecule has 3 aromatic rings. The fourth-order valence-electron chi connectivity index (χ4n) is 4.07. The number of amides is 1. The highest BCUT2D eigenvalue weighted by molar-refractivity contribution is 7.88. The van der Waals surface area contributed by atoms with Crippen molar-refractivity contribution in [2.24, 2.45) is 5.73 Å². The van der Waals surface area contributed by atoms with Crippen LogP contribution in [0.4, 0.5) is 11.4 Å². The Hall–Kier alpha value is -3.99. The van der Waals surface area contributed by atoms with Gasteiger partial charge in [-0.1, -0.05) is 48.5 Å². The summed E-state index contributed by atoms with van der Waals surface area (Å²) >= 11 is 0. The third-order valence-electron chi connectivity index (χ3n) is 5.93. The van der Waals surface area contributed by atoms with Crippen LogP contribution in [0.2, 0.25) is 0 Å². The molecule has 1 unspecified atom stereocenters. The third kappa shape index (κ3) is 6.23. The second kappa shape index (κ2) is 11.0. The van der Waals surface area contributed by atoms with Crippen LogP contribution >= 0.6 is 0 Å². The molecule has 37 heavy (non-hydrogen) atoms. The SMILES string of the molecule is COC(=O)c1ccc2c(c1)NC(=O)/C2=C(\Nc1ccc(C(N)CCNS(C)(=O)=O)cc1)c1ccccc1. The van der Waals surface area contributed by atoms with E-state index in [2.05, 4.69) is 15.4 Å². The smallest absolute Gasteiger partial charge is 0.337 e. The standard InChI is InChI=1S/C27H28N4O5S/c1-36-27(33)19-10-13-21-23(16-19)31-26(32)24(21)25(18-6-4-3-5-7-18)30-20-11-8-17(9-12-20)22(28)14-15-29-37(2,34)35/h3-13,16,22,29-30H,14-15,28H2,1-2H3,(H,31,32)/b25-24-. The van der Waals surface area contributed by atoms with Gasteiger partial charge in [-0.3, -0.25) is 4.79 Å². The summed E-state index contributed by atoms with van der Waals surface area (Å²) in [6, 6.07) is 21.5. The first kappa shape index (κ1) is 26.1. The minimum Gasteiger partial charge on any atom is -0.465 e. The summed E-state index contributed by atoms with van der Waals surface area (Å²) < 4.78 is 29.8. The number of anilines is 2. The van der Waals surface area contributed by atoms with Crippen LogP contribution in [0, 0.1) is 0 Å². The Labute approximate surface area is 215 Å². The number of nitrogens with two attached hydrogens (primary N) is 1. The van der Waals surface area contributed by atoms with Crippen molar-refractivity contribution in [3.63, 3.8) is 0 Å². The number of carbonyl (C=O) groups is 2. The van der Waals surface area contributed by atoms with Gasteiger partial charge in [0.05, 0.1) is 35.9 Å². The van der Waals surface area contributed by atoms with E-state index >= 15 is 0 Å². The maximum Gasteiger partial charge on any atom is 0.337 e. The highest BCUT2D eigenvalue weighted by Gasteiger charge is 2.29. The highest BCUT2D eigenvalue weighted by Crippen LogP contribution is 2.38. The minimum atomic E-state index is -3.27. The van der Waals surface area contributed by atoms with Crippen molar-refractivity contribution in [1.82, 2.24) is 4.72 Å². The zero-order valence-electron chi connectivity index (χ0n) is 20.4. The molecule has 1 aliphatic rings. The van der Waals surface area contributed by atoms with Crippen molar-refractivity contribution in [3.05, 3.63) is 95.1 Å². The van der Waals surface area contributed by atoms with Crippen molar-refractivity contribution in [2.75, 3.05) is 30.5 Å². The van der Waals surface area contributed by atoms with E-state index in [0.717, 1.165) is 23.1 Å². The first-order valence-corrected chi connectivity index (χ1v) is 13.5. The van der Waals surface area contributed by atoms with Crippen LogP contribution in [0.1, 0.15) is 39.5 Å². The average molecular weight is 521 g/mol. The zero-order chi connectivity index (χ0) is 26.6. The van der Waals surface area contributed by atoms with Crippen molar-refractivity contribution in [2.45, 2.75) is 12.5 Å². The molecule has 0 saturated heterocycles. The summed E-state index contributed by atoms with van der Waals surface area (Å²) in [5, 5.41) is 6.23. The van der Waals surface area contributed by atoms with Crippen molar-refractivity contribution < 1.29 is 22.7 Å². The third-order valence-corrected chi connectivity index (χ3v) is 6.65. The Morgan fingerprint density at radius 1 is 1.03 bits per heavy atom. The number of rotatable bonds is 9. The van der Waals surface area contributed by atoms with E-state index in [1.807, 2.05) is 54.6 Å². The predicted octanol–water partition coefficient (Wildman–Crippen LogP) is 3.34. The topological polar surface area (TPSA) is 140 Å². The van der Waals surface area contributed by atoms with E-state index in [9.17, 15) is 18.0 Å². The number of fused-ring (bicyclic) bond motifs is 1. The maximum absolute atomic E-state index is 13.1. The number of sulfonamides is 1. The van der Waals surface area contributed by atoms with Gasteiger partial charge in [-0.15, -0.1) is 0 Å². The molecule has 9 nitrogen and oxygen atoms in total. The molecule has 4 rings (SSSR count). The van der Waals surface area contributed by atoms with Gasteiger partial charge in [0.25, 0.3) is 5.91 Å². The summed E-state index contributed by atoms with van der Waals surface area (Å²) in [5.41, 5.74) is 11.2. The van der Waals surface area contributed by atoms with Crippen molar-refractivity contribution in [1.29, 1.82) is 0 Å². The quantitative estimate of drug-likeness (QED) is 0.251. The number of benzene rings is 3. The normalized spacial score (nSPS) is 14.9. The van der Waals surface area contributed by atoms with Gasteiger partial charge in [0, 0.05) is 23.8 Å². The molecular weight excluding hydrogens is 492 g/mol. The second-order valence-corrected chi connectivity index (χ2v) is 10.5. The molecule has 10 heteroatoms. The van der Waals surface area contributed by atoms with Crippen LogP contribution in [0.25, 0.3) is 11.3 Å². The van der Waals surface area contributed by atoms with Gasteiger partial charge in [-0.05, 0) is 41.8 Å². The number of hydrogen-bond donors (Lipinski definition) is 4. The molecule has 0 aliphatic carbocycles. The number of hydrogen-bond acceptors (Lipinski definition) is 7. The van der Waals surface area contributed by atoms with E-state index in [-0.39, 0.29) is 18.5 Å². The molecule has 192 valence electrons. The molecule has 0 aromatic heterocycles. The van der Waals surface area contributed by atoms with Crippen LogP contribution in [-0.2, 0) is 19.6 Å². The number of methoxy groups -OCH3 is 1. The summed E-state index contributed by atoms with van der Waals surface area (Å²) in [4.78, 5) is 25.1. The molecule has 0 spiro atoms.